The molecule has 1 aromatic heterocycles. The van der Waals surface area contributed by atoms with E-state index in [0.29, 0.717) is 39.6 Å². The first-order chi connectivity index (χ1) is 16.0. The van der Waals surface area contributed by atoms with Gasteiger partial charge in [0.15, 0.2) is 17.3 Å². The fourth-order valence-electron chi connectivity index (χ4n) is 3.44. The Kier molecular flexibility index (Phi) is 6.22. The van der Waals surface area contributed by atoms with Crippen LogP contribution in [0.4, 0.5) is 5.69 Å². The van der Waals surface area contributed by atoms with Crippen molar-refractivity contribution >= 4 is 17.4 Å². The first kappa shape index (κ1) is 21.8. The number of carbonyl (C=O) groups is 2. The Hall–Kier alpha value is -4.39. The summed E-state index contributed by atoms with van der Waals surface area (Å²) in [6.45, 7) is 1.50. The maximum atomic E-state index is 13.3. The van der Waals surface area contributed by atoms with E-state index in [1.54, 1.807) is 61.5 Å². The predicted molar refractivity (Wildman–Crippen MR) is 127 cm³/mol. The molecule has 7 nitrogen and oxygen atoms in total. The molecule has 4 aromatic rings. The van der Waals surface area contributed by atoms with Crippen molar-refractivity contribution in [2.75, 3.05) is 19.5 Å². The van der Waals surface area contributed by atoms with Crippen LogP contribution >= 0.6 is 0 Å². The highest BCUT2D eigenvalue weighted by Crippen LogP contribution is 2.33. The molecule has 0 aliphatic rings. The number of aromatic nitrogens is 2. The summed E-state index contributed by atoms with van der Waals surface area (Å²) in [5.74, 6) is 0.765. The third kappa shape index (κ3) is 4.62. The molecule has 33 heavy (non-hydrogen) atoms. The summed E-state index contributed by atoms with van der Waals surface area (Å²) >= 11 is 0. The average Bonchev–Trinajstić information content (AvgIpc) is 3.30. The number of nitrogens with one attached hydrogen (secondary N) is 1. The molecule has 3 aromatic carbocycles. The SMILES string of the molecule is COc1ccc(-c2nn(-c3ccccc3)cc2C(=O)Nc2ccc(C(C)=O)cc2)cc1OC. The van der Waals surface area contributed by atoms with E-state index in [1.807, 2.05) is 36.4 Å². The zero-order valence-corrected chi connectivity index (χ0v) is 18.5. The monoisotopic (exact) mass is 441 g/mol. The number of benzene rings is 3. The Labute approximate surface area is 191 Å². The number of para-hydroxylation sites is 1. The number of Topliss-reactive ketones (excluding diaryl/α,β-unsaturated/α-hetero) is 1. The number of rotatable bonds is 7. The van der Waals surface area contributed by atoms with Crippen molar-refractivity contribution < 1.29 is 19.1 Å². The van der Waals surface area contributed by atoms with Crippen LogP contribution in [0.15, 0.2) is 79.0 Å². The topological polar surface area (TPSA) is 82.5 Å². The first-order valence-corrected chi connectivity index (χ1v) is 10.3. The molecular weight excluding hydrogens is 418 g/mol. The standard InChI is InChI=1S/C26H23N3O4/c1-17(30)18-9-12-20(13-10-18)27-26(31)22-16-29(21-7-5-4-6-8-21)28-25(22)19-11-14-23(32-2)24(15-19)33-3/h4-16H,1-3H3,(H,27,31). The van der Waals surface area contributed by atoms with Gasteiger partial charge in [0, 0.05) is 23.0 Å². The van der Waals surface area contributed by atoms with E-state index in [4.69, 9.17) is 14.6 Å². The van der Waals surface area contributed by atoms with Crippen LogP contribution in [0.2, 0.25) is 0 Å². The summed E-state index contributed by atoms with van der Waals surface area (Å²) in [6, 6.07) is 21.7. The Morgan fingerprint density at radius 1 is 0.879 bits per heavy atom. The summed E-state index contributed by atoms with van der Waals surface area (Å²) < 4.78 is 12.4. The molecule has 0 spiro atoms. The zero-order valence-electron chi connectivity index (χ0n) is 18.5. The number of carbonyl (C=O) groups excluding carboxylic acids is 2. The van der Waals surface area contributed by atoms with Gasteiger partial charge in [0.1, 0.15) is 5.69 Å². The molecule has 0 saturated carbocycles. The fourth-order valence-corrected chi connectivity index (χ4v) is 3.44. The van der Waals surface area contributed by atoms with Gasteiger partial charge in [-0.05, 0) is 61.5 Å². The molecule has 0 saturated heterocycles. The fraction of sp³-hybridized carbons (Fsp3) is 0.115. The van der Waals surface area contributed by atoms with Crippen LogP contribution in [0.25, 0.3) is 16.9 Å². The van der Waals surface area contributed by atoms with Crippen molar-refractivity contribution in [3.8, 4) is 28.4 Å². The Bertz CT molecular complexity index is 1300. The number of hydrogen-bond acceptors (Lipinski definition) is 5. The second kappa shape index (κ2) is 9.40. The lowest BCUT2D eigenvalue weighted by Gasteiger charge is -2.10. The van der Waals surface area contributed by atoms with E-state index in [0.717, 1.165) is 5.69 Å². The van der Waals surface area contributed by atoms with E-state index in [9.17, 15) is 9.59 Å². The van der Waals surface area contributed by atoms with Gasteiger partial charge in [-0.2, -0.15) is 5.10 Å². The van der Waals surface area contributed by atoms with Crippen LogP contribution in [-0.2, 0) is 0 Å². The molecule has 1 heterocycles. The van der Waals surface area contributed by atoms with Gasteiger partial charge in [-0.15, -0.1) is 0 Å². The van der Waals surface area contributed by atoms with Crippen LogP contribution in [-0.4, -0.2) is 35.7 Å². The van der Waals surface area contributed by atoms with Crippen LogP contribution in [0.1, 0.15) is 27.6 Å². The Morgan fingerprint density at radius 2 is 1.58 bits per heavy atom. The van der Waals surface area contributed by atoms with Gasteiger partial charge in [-0.1, -0.05) is 18.2 Å². The molecule has 0 fully saturated rings. The summed E-state index contributed by atoms with van der Waals surface area (Å²) in [4.78, 5) is 24.8. The molecule has 0 aliphatic heterocycles. The summed E-state index contributed by atoms with van der Waals surface area (Å²) in [5.41, 5.74) is 3.58. The zero-order chi connectivity index (χ0) is 23.4. The highest BCUT2D eigenvalue weighted by atomic mass is 16.5. The minimum Gasteiger partial charge on any atom is -0.493 e. The van der Waals surface area contributed by atoms with Gasteiger partial charge in [0.05, 0.1) is 25.5 Å². The van der Waals surface area contributed by atoms with Crippen LogP contribution in [0, 0.1) is 0 Å². The number of nitrogens with zero attached hydrogens (tertiary/aromatic N) is 2. The van der Waals surface area contributed by atoms with E-state index < -0.39 is 0 Å². The third-order valence-corrected chi connectivity index (χ3v) is 5.19. The van der Waals surface area contributed by atoms with E-state index in [2.05, 4.69) is 5.32 Å². The molecule has 4 rings (SSSR count). The van der Waals surface area contributed by atoms with Crippen molar-refractivity contribution in [1.82, 2.24) is 9.78 Å². The minimum atomic E-state index is -0.322. The number of ether oxygens (including phenoxy) is 2. The average molecular weight is 441 g/mol. The van der Waals surface area contributed by atoms with Crippen molar-refractivity contribution in [2.24, 2.45) is 0 Å². The summed E-state index contributed by atoms with van der Waals surface area (Å²) in [7, 11) is 3.13. The second-order valence-corrected chi connectivity index (χ2v) is 7.33. The molecule has 0 bridgehead atoms. The smallest absolute Gasteiger partial charge is 0.259 e. The van der Waals surface area contributed by atoms with E-state index in [-0.39, 0.29) is 11.7 Å². The lowest BCUT2D eigenvalue weighted by atomic mass is 10.1. The van der Waals surface area contributed by atoms with Crippen molar-refractivity contribution in [3.05, 3.63) is 90.1 Å². The molecule has 0 atom stereocenters. The molecule has 0 radical (unpaired) electrons. The largest absolute Gasteiger partial charge is 0.493 e. The molecule has 1 amide bonds. The molecule has 7 heteroatoms. The maximum Gasteiger partial charge on any atom is 0.259 e. The van der Waals surface area contributed by atoms with Crippen LogP contribution < -0.4 is 14.8 Å². The maximum absolute atomic E-state index is 13.3. The normalized spacial score (nSPS) is 10.5. The third-order valence-electron chi connectivity index (χ3n) is 5.19. The molecule has 0 unspecified atom stereocenters. The summed E-state index contributed by atoms with van der Waals surface area (Å²) in [6.07, 6.45) is 1.70. The van der Waals surface area contributed by atoms with Crippen molar-refractivity contribution in [3.63, 3.8) is 0 Å². The number of hydrogen-bond donors (Lipinski definition) is 1. The molecular formula is C26H23N3O4. The Morgan fingerprint density at radius 3 is 2.21 bits per heavy atom. The lowest BCUT2D eigenvalue weighted by molar-refractivity contribution is 0.101. The van der Waals surface area contributed by atoms with Gasteiger partial charge < -0.3 is 14.8 Å². The highest BCUT2D eigenvalue weighted by molar-refractivity contribution is 6.08. The minimum absolute atomic E-state index is 0.0345. The van der Waals surface area contributed by atoms with E-state index in [1.165, 1.54) is 6.92 Å². The van der Waals surface area contributed by atoms with Gasteiger partial charge in [-0.3, -0.25) is 9.59 Å². The first-order valence-electron chi connectivity index (χ1n) is 10.3. The van der Waals surface area contributed by atoms with Crippen molar-refractivity contribution in [1.29, 1.82) is 0 Å². The quantitative estimate of drug-likeness (QED) is 0.408. The van der Waals surface area contributed by atoms with Gasteiger partial charge in [-0.25, -0.2) is 4.68 Å². The molecule has 1 N–H and O–H groups in total. The van der Waals surface area contributed by atoms with E-state index >= 15 is 0 Å². The van der Waals surface area contributed by atoms with Crippen LogP contribution in [0.5, 0.6) is 11.5 Å². The number of amides is 1. The van der Waals surface area contributed by atoms with Crippen LogP contribution in [0.3, 0.4) is 0 Å². The van der Waals surface area contributed by atoms with Gasteiger partial charge in [0.25, 0.3) is 5.91 Å². The second-order valence-electron chi connectivity index (χ2n) is 7.33. The molecule has 0 aliphatic carbocycles. The predicted octanol–water partition coefficient (Wildman–Crippen LogP) is 5.01. The number of methoxy groups -OCH3 is 2. The number of ketones is 1. The van der Waals surface area contributed by atoms with Gasteiger partial charge in [0.2, 0.25) is 0 Å². The molecule has 166 valence electrons. The summed E-state index contributed by atoms with van der Waals surface area (Å²) in [5, 5.41) is 7.59. The Balaban J connectivity index is 1.75. The van der Waals surface area contributed by atoms with Gasteiger partial charge >= 0.3 is 0 Å². The highest BCUT2D eigenvalue weighted by Gasteiger charge is 2.20. The van der Waals surface area contributed by atoms with Crippen molar-refractivity contribution in [2.45, 2.75) is 6.92 Å². The lowest BCUT2D eigenvalue weighted by Crippen LogP contribution is -2.12. The number of anilines is 1.